The lowest BCUT2D eigenvalue weighted by molar-refractivity contribution is -0.135. The van der Waals surface area contributed by atoms with Crippen LogP contribution in [0.3, 0.4) is 0 Å². The highest BCUT2D eigenvalue weighted by Crippen LogP contribution is 2.24. The van der Waals surface area contributed by atoms with E-state index in [1.54, 1.807) is 0 Å². The summed E-state index contributed by atoms with van der Waals surface area (Å²) >= 11 is 0. The first kappa shape index (κ1) is 11.4. The van der Waals surface area contributed by atoms with E-state index in [0.29, 0.717) is 5.91 Å². The van der Waals surface area contributed by atoms with Crippen molar-refractivity contribution < 1.29 is 4.79 Å². The summed E-state index contributed by atoms with van der Waals surface area (Å²) in [6, 6.07) is 0. The monoisotopic (exact) mass is 246 g/mol. The first-order valence-corrected chi connectivity index (χ1v) is 6.56. The Balaban J connectivity index is 1.56. The van der Waals surface area contributed by atoms with E-state index in [2.05, 4.69) is 14.9 Å². The SMILES string of the molecule is Cc1cnc(N2CC(C(=O)N3CCCC3)C2)nc1. The Morgan fingerprint density at radius 3 is 2.44 bits per heavy atom. The molecule has 3 heterocycles. The molecule has 0 saturated carbocycles. The second-order valence-electron chi connectivity index (χ2n) is 5.19. The van der Waals surface area contributed by atoms with Gasteiger partial charge in [-0.25, -0.2) is 9.97 Å². The van der Waals surface area contributed by atoms with E-state index in [1.807, 2.05) is 24.2 Å². The highest BCUT2D eigenvalue weighted by molar-refractivity contribution is 5.82. The molecule has 0 radical (unpaired) electrons. The summed E-state index contributed by atoms with van der Waals surface area (Å²) in [4.78, 5) is 24.7. The molecule has 2 aliphatic rings. The van der Waals surface area contributed by atoms with Gasteiger partial charge in [0, 0.05) is 38.6 Å². The summed E-state index contributed by atoms with van der Waals surface area (Å²) in [6.45, 7) is 5.38. The summed E-state index contributed by atoms with van der Waals surface area (Å²) in [6.07, 6.45) is 5.95. The lowest BCUT2D eigenvalue weighted by Gasteiger charge is -2.39. The predicted molar refractivity (Wildman–Crippen MR) is 68.3 cm³/mol. The number of aryl methyl sites for hydroxylation is 1. The Hall–Kier alpha value is -1.65. The molecule has 0 bridgehead atoms. The van der Waals surface area contributed by atoms with E-state index in [9.17, 15) is 4.79 Å². The molecule has 0 aliphatic carbocycles. The fraction of sp³-hybridized carbons (Fsp3) is 0.615. The minimum Gasteiger partial charge on any atom is -0.342 e. The third kappa shape index (κ3) is 2.05. The average molecular weight is 246 g/mol. The van der Waals surface area contributed by atoms with Crippen molar-refractivity contribution >= 4 is 11.9 Å². The molecule has 0 N–H and O–H groups in total. The molecule has 2 saturated heterocycles. The lowest BCUT2D eigenvalue weighted by Crippen LogP contribution is -2.54. The average Bonchev–Trinajstić information content (AvgIpc) is 2.83. The number of hydrogen-bond donors (Lipinski definition) is 0. The lowest BCUT2D eigenvalue weighted by atomic mass is 9.99. The van der Waals surface area contributed by atoms with Crippen molar-refractivity contribution in [1.82, 2.24) is 14.9 Å². The van der Waals surface area contributed by atoms with Crippen molar-refractivity contribution in [1.29, 1.82) is 0 Å². The van der Waals surface area contributed by atoms with Crippen LogP contribution >= 0.6 is 0 Å². The third-order valence-electron chi connectivity index (χ3n) is 3.70. The summed E-state index contributed by atoms with van der Waals surface area (Å²) in [5, 5.41) is 0. The first-order valence-electron chi connectivity index (χ1n) is 6.56. The number of aromatic nitrogens is 2. The zero-order valence-corrected chi connectivity index (χ0v) is 10.7. The van der Waals surface area contributed by atoms with Crippen LogP contribution in [0.15, 0.2) is 12.4 Å². The van der Waals surface area contributed by atoms with Crippen LogP contribution in [0.4, 0.5) is 5.95 Å². The Morgan fingerprint density at radius 2 is 1.83 bits per heavy atom. The minimum absolute atomic E-state index is 0.146. The van der Waals surface area contributed by atoms with Crippen molar-refractivity contribution in [3.05, 3.63) is 18.0 Å². The van der Waals surface area contributed by atoms with Gasteiger partial charge in [-0.3, -0.25) is 4.79 Å². The predicted octanol–water partition coefficient (Wildman–Crippen LogP) is 0.844. The van der Waals surface area contributed by atoms with E-state index in [-0.39, 0.29) is 5.92 Å². The quantitative estimate of drug-likeness (QED) is 0.776. The summed E-state index contributed by atoms with van der Waals surface area (Å²) in [5.74, 6) is 1.20. The van der Waals surface area contributed by atoms with Crippen molar-refractivity contribution in [3.8, 4) is 0 Å². The maximum atomic E-state index is 12.1. The standard InChI is InChI=1S/C13H18N4O/c1-10-6-14-13(15-7-10)17-8-11(9-17)12(18)16-4-2-3-5-16/h6-7,11H,2-5,8-9H2,1H3. The minimum atomic E-state index is 0.146. The van der Waals surface area contributed by atoms with Gasteiger partial charge in [0.25, 0.3) is 0 Å². The van der Waals surface area contributed by atoms with Gasteiger partial charge in [-0.05, 0) is 25.3 Å². The van der Waals surface area contributed by atoms with Gasteiger partial charge in [0.1, 0.15) is 0 Å². The number of likely N-dealkylation sites (tertiary alicyclic amines) is 1. The van der Waals surface area contributed by atoms with Crippen molar-refractivity contribution in [2.24, 2.45) is 5.92 Å². The molecule has 0 unspecified atom stereocenters. The van der Waals surface area contributed by atoms with Crippen LogP contribution in [-0.2, 0) is 4.79 Å². The van der Waals surface area contributed by atoms with Crippen LogP contribution in [0, 0.1) is 12.8 Å². The van der Waals surface area contributed by atoms with E-state index in [1.165, 1.54) is 0 Å². The topological polar surface area (TPSA) is 49.3 Å². The maximum Gasteiger partial charge on any atom is 0.229 e. The highest BCUT2D eigenvalue weighted by atomic mass is 16.2. The van der Waals surface area contributed by atoms with E-state index in [4.69, 9.17) is 0 Å². The zero-order valence-electron chi connectivity index (χ0n) is 10.7. The van der Waals surface area contributed by atoms with Gasteiger partial charge in [0.05, 0.1) is 5.92 Å². The van der Waals surface area contributed by atoms with Crippen LogP contribution < -0.4 is 4.90 Å². The Labute approximate surface area is 107 Å². The van der Waals surface area contributed by atoms with Crippen LogP contribution in [0.1, 0.15) is 18.4 Å². The number of carbonyl (C=O) groups excluding carboxylic acids is 1. The highest BCUT2D eigenvalue weighted by Gasteiger charge is 2.37. The normalized spacial score (nSPS) is 20.1. The maximum absolute atomic E-state index is 12.1. The molecule has 5 heteroatoms. The molecule has 1 amide bonds. The second-order valence-corrected chi connectivity index (χ2v) is 5.19. The molecule has 96 valence electrons. The Kier molecular flexibility index (Phi) is 2.89. The molecule has 2 aliphatic heterocycles. The van der Waals surface area contributed by atoms with Crippen molar-refractivity contribution in [2.75, 3.05) is 31.1 Å². The Bertz CT molecular complexity index is 433. The Morgan fingerprint density at radius 1 is 1.22 bits per heavy atom. The molecule has 0 atom stereocenters. The van der Waals surface area contributed by atoms with Gasteiger partial charge in [0.15, 0.2) is 0 Å². The molecule has 0 aromatic carbocycles. The van der Waals surface area contributed by atoms with E-state index < -0.39 is 0 Å². The molecule has 1 aromatic heterocycles. The second kappa shape index (κ2) is 4.55. The van der Waals surface area contributed by atoms with Gasteiger partial charge in [-0.2, -0.15) is 0 Å². The molecule has 18 heavy (non-hydrogen) atoms. The molecule has 0 spiro atoms. The van der Waals surface area contributed by atoms with Crippen LogP contribution in [0.25, 0.3) is 0 Å². The smallest absolute Gasteiger partial charge is 0.229 e. The molecular weight excluding hydrogens is 228 g/mol. The number of nitrogens with zero attached hydrogens (tertiary/aromatic N) is 4. The van der Waals surface area contributed by atoms with Gasteiger partial charge < -0.3 is 9.80 Å². The molecule has 5 nitrogen and oxygen atoms in total. The van der Waals surface area contributed by atoms with Gasteiger partial charge >= 0.3 is 0 Å². The summed E-state index contributed by atoms with van der Waals surface area (Å²) in [5.41, 5.74) is 1.06. The number of carbonyl (C=O) groups is 1. The first-order chi connectivity index (χ1) is 8.74. The molecule has 2 fully saturated rings. The van der Waals surface area contributed by atoms with Crippen molar-refractivity contribution in [2.45, 2.75) is 19.8 Å². The summed E-state index contributed by atoms with van der Waals surface area (Å²) < 4.78 is 0. The number of anilines is 1. The fourth-order valence-corrected chi connectivity index (χ4v) is 2.54. The summed E-state index contributed by atoms with van der Waals surface area (Å²) in [7, 11) is 0. The van der Waals surface area contributed by atoms with Crippen molar-refractivity contribution in [3.63, 3.8) is 0 Å². The zero-order chi connectivity index (χ0) is 12.5. The van der Waals surface area contributed by atoms with Gasteiger partial charge in [-0.1, -0.05) is 0 Å². The number of hydrogen-bond acceptors (Lipinski definition) is 4. The van der Waals surface area contributed by atoms with E-state index in [0.717, 1.165) is 50.5 Å². The largest absolute Gasteiger partial charge is 0.342 e. The third-order valence-corrected chi connectivity index (χ3v) is 3.70. The molecule has 3 rings (SSSR count). The van der Waals surface area contributed by atoms with Gasteiger partial charge in [0.2, 0.25) is 11.9 Å². The fourth-order valence-electron chi connectivity index (χ4n) is 2.54. The number of amides is 1. The van der Waals surface area contributed by atoms with Crippen LogP contribution in [0.5, 0.6) is 0 Å². The molecule has 1 aromatic rings. The van der Waals surface area contributed by atoms with Crippen LogP contribution in [0.2, 0.25) is 0 Å². The van der Waals surface area contributed by atoms with Crippen LogP contribution in [-0.4, -0.2) is 47.0 Å². The number of rotatable bonds is 2. The van der Waals surface area contributed by atoms with Gasteiger partial charge in [-0.15, -0.1) is 0 Å². The van der Waals surface area contributed by atoms with E-state index >= 15 is 0 Å². The molecular formula is C13H18N4O.